The van der Waals surface area contributed by atoms with E-state index in [1.165, 1.54) is 57.4 Å². The summed E-state index contributed by atoms with van der Waals surface area (Å²) in [5, 5.41) is 32.2. The number of aliphatic hydroxyl groups is 2. The molecule has 1 saturated carbocycles. The van der Waals surface area contributed by atoms with Crippen LogP contribution in [-0.4, -0.2) is 41.6 Å². The lowest BCUT2D eigenvalue weighted by molar-refractivity contribution is 0.110. The molecule has 1 aliphatic rings. The van der Waals surface area contributed by atoms with Crippen LogP contribution in [0, 0.1) is 5.92 Å². The molecular formula is C23H39NO4. The molecule has 5 nitrogen and oxygen atoms in total. The van der Waals surface area contributed by atoms with Crippen LogP contribution < -0.4 is 5.32 Å². The standard InChI is InChI=1S/C23H39NO4/c25-18-21-16-20(10-11-22(21)26)23(27)17-24-13-6-1-2-7-14-28-15-12-19-8-4-3-5-9-19/h10-11,16,19,23-27H,1-9,12-15,17-18H2. The highest BCUT2D eigenvalue weighted by Gasteiger charge is 2.12. The van der Waals surface area contributed by atoms with Crippen molar-refractivity contribution in [3.8, 4) is 5.75 Å². The molecule has 1 unspecified atom stereocenters. The van der Waals surface area contributed by atoms with Gasteiger partial charge in [-0.05, 0) is 49.4 Å². The first-order valence-electron chi connectivity index (χ1n) is 11.1. The van der Waals surface area contributed by atoms with E-state index in [4.69, 9.17) is 4.74 Å². The third kappa shape index (κ3) is 8.91. The van der Waals surface area contributed by atoms with E-state index in [1.807, 2.05) is 0 Å². The normalized spacial score (nSPS) is 16.4. The maximum atomic E-state index is 10.2. The summed E-state index contributed by atoms with van der Waals surface area (Å²) in [6.07, 6.45) is 12.2. The van der Waals surface area contributed by atoms with Crippen molar-refractivity contribution in [1.29, 1.82) is 0 Å². The Balaban J connectivity index is 1.41. The second-order valence-corrected chi connectivity index (χ2v) is 8.09. The predicted octanol–water partition coefficient (Wildman–Crippen LogP) is 4.05. The number of ether oxygens (including phenoxy) is 1. The second-order valence-electron chi connectivity index (χ2n) is 8.09. The molecule has 1 aliphatic carbocycles. The van der Waals surface area contributed by atoms with Gasteiger partial charge in [0.25, 0.3) is 0 Å². The molecule has 1 fully saturated rings. The quantitative estimate of drug-likeness (QED) is 0.359. The molecule has 1 aromatic carbocycles. The van der Waals surface area contributed by atoms with Gasteiger partial charge < -0.3 is 25.4 Å². The van der Waals surface area contributed by atoms with E-state index in [-0.39, 0.29) is 12.4 Å². The molecule has 0 heterocycles. The van der Waals surface area contributed by atoms with Crippen molar-refractivity contribution < 1.29 is 20.1 Å². The number of phenols is 1. The van der Waals surface area contributed by atoms with Gasteiger partial charge in [-0.15, -0.1) is 0 Å². The molecular weight excluding hydrogens is 354 g/mol. The van der Waals surface area contributed by atoms with Gasteiger partial charge in [0.1, 0.15) is 5.75 Å². The SMILES string of the molecule is OCc1cc(C(O)CNCCCCCCOCCC2CCCCC2)ccc1O. The molecule has 0 saturated heterocycles. The third-order valence-electron chi connectivity index (χ3n) is 5.78. The first-order valence-corrected chi connectivity index (χ1v) is 11.1. The minimum atomic E-state index is -0.636. The Morgan fingerprint density at radius 3 is 2.61 bits per heavy atom. The molecule has 0 aromatic heterocycles. The average molecular weight is 394 g/mol. The number of benzene rings is 1. The van der Waals surface area contributed by atoms with Crippen molar-refractivity contribution >= 4 is 0 Å². The summed E-state index contributed by atoms with van der Waals surface area (Å²) in [5.74, 6) is 0.969. The Kier molecular flexibility index (Phi) is 11.5. The lowest BCUT2D eigenvalue weighted by Gasteiger charge is -2.21. The maximum Gasteiger partial charge on any atom is 0.121 e. The van der Waals surface area contributed by atoms with Gasteiger partial charge in [0.2, 0.25) is 0 Å². The number of hydrogen-bond acceptors (Lipinski definition) is 5. The molecule has 28 heavy (non-hydrogen) atoms. The van der Waals surface area contributed by atoms with Crippen molar-refractivity contribution in [2.24, 2.45) is 5.92 Å². The van der Waals surface area contributed by atoms with Crippen LogP contribution in [0.15, 0.2) is 18.2 Å². The van der Waals surface area contributed by atoms with Gasteiger partial charge >= 0.3 is 0 Å². The van der Waals surface area contributed by atoms with E-state index in [0.717, 1.165) is 38.5 Å². The minimum Gasteiger partial charge on any atom is -0.508 e. The molecule has 1 aromatic rings. The van der Waals surface area contributed by atoms with E-state index < -0.39 is 6.10 Å². The Bertz CT molecular complexity index is 531. The molecule has 0 amide bonds. The first-order chi connectivity index (χ1) is 13.7. The summed E-state index contributed by atoms with van der Waals surface area (Å²) >= 11 is 0. The number of aromatic hydroxyl groups is 1. The smallest absolute Gasteiger partial charge is 0.121 e. The number of aliphatic hydroxyl groups excluding tert-OH is 2. The van der Waals surface area contributed by atoms with E-state index in [2.05, 4.69) is 5.32 Å². The van der Waals surface area contributed by atoms with Crippen LogP contribution in [0.4, 0.5) is 0 Å². The summed E-state index contributed by atoms with van der Waals surface area (Å²) in [6, 6.07) is 4.85. The molecule has 1 atom stereocenters. The summed E-state index contributed by atoms with van der Waals surface area (Å²) in [4.78, 5) is 0. The van der Waals surface area contributed by atoms with Crippen LogP contribution >= 0.6 is 0 Å². The Hall–Kier alpha value is -1.14. The van der Waals surface area contributed by atoms with E-state index in [9.17, 15) is 15.3 Å². The van der Waals surface area contributed by atoms with Crippen molar-refractivity contribution in [3.63, 3.8) is 0 Å². The summed E-state index contributed by atoms with van der Waals surface area (Å²) < 4.78 is 5.79. The molecule has 0 aliphatic heterocycles. The zero-order chi connectivity index (χ0) is 20.0. The van der Waals surface area contributed by atoms with E-state index in [1.54, 1.807) is 12.1 Å². The highest BCUT2D eigenvalue weighted by Crippen LogP contribution is 2.26. The van der Waals surface area contributed by atoms with Crippen LogP contribution in [0.2, 0.25) is 0 Å². The van der Waals surface area contributed by atoms with Gasteiger partial charge in [0.15, 0.2) is 0 Å². The number of unbranched alkanes of at least 4 members (excludes halogenated alkanes) is 3. The zero-order valence-corrected chi connectivity index (χ0v) is 17.2. The van der Waals surface area contributed by atoms with Crippen LogP contribution in [0.1, 0.15) is 81.4 Å². The van der Waals surface area contributed by atoms with Gasteiger partial charge in [0.05, 0.1) is 12.7 Å². The van der Waals surface area contributed by atoms with Crippen molar-refractivity contribution in [2.75, 3.05) is 26.3 Å². The number of rotatable bonds is 14. The Morgan fingerprint density at radius 1 is 1.04 bits per heavy atom. The molecule has 0 spiro atoms. The predicted molar refractivity (Wildman–Crippen MR) is 112 cm³/mol. The minimum absolute atomic E-state index is 0.0596. The lowest BCUT2D eigenvalue weighted by atomic mass is 9.87. The molecule has 160 valence electrons. The highest BCUT2D eigenvalue weighted by atomic mass is 16.5. The molecule has 0 radical (unpaired) electrons. The third-order valence-corrected chi connectivity index (χ3v) is 5.78. The van der Waals surface area contributed by atoms with Crippen LogP contribution in [0.25, 0.3) is 0 Å². The Morgan fingerprint density at radius 2 is 1.82 bits per heavy atom. The van der Waals surface area contributed by atoms with E-state index >= 15 is 0 Å². The fraction of sp³-hybridized carbons (Fsp3) is 0.739. The van der Waals surface area contributed by atoms with Crippen molar-refractivity contribution in [3.05, 3.63) is 29.3 Å². The van der Waals surface area contributed by atoms with Crippen LogP contribution in [0.3, 0.4) is 0 Å². The number of nitrogens with one attached hydrogen (secondary N) is 1. The monoisotopic (exact) mass is 393 g/mol. The molecule has 0 bridgehead atoms. The molecule has 2 rings (SSSR count). The average Bonchev–Trinajstić information content (AvgIpc) is 2.73. The van der Waals surface area contributed by atoms with Gasteiger partial charge in [-0.2, -0.15) is 0 Å². The second kappa shape index (κ2) is 13.9. The molecule has 5 heteroatoms. The van der Waals surface area contributed by atoms with Gasteiger partial charge in [0, 0.05) is 25.3 Å². The fourth-order valence-electron chi connectivity index (χ4n) is 3.93. The zero-order valence-electron chi connectivity index (χ0n) is 17.2. The largest absolute Gasteiger partial charge is 0.508 e. The van der Waals surface area contributed by atoms with Crippen molar-refractivity contribution in [2.45, 2.75) is 76.9 Å². The van der Waals surface area contributed by atoms with Gasteiger partial charge in [-0.3, -0.25) is 0 Å². The lowest BCUT2D eigenvalue weighted by Crippen LogP contribution is -2.22. The van der Waals surface area contributed by atoms with E-state index in [0.29, 0.717) is 17.7 Å². The maximum absolute atomic E-state index is 10.2. The summed E-state index contributed by atoms with van der Waals surface area (Å²) in [5.41, 5.74) is 1.15. The summed E-state index contributed by atoms with van der Waals surface area (Å²) in [7, 11) is 0. The Labute approximate surface area is 170 Å². The van der Waals surface area contributed by atoms with Crippen molar-refractivity contribution in [1.82, 2.24) is 5.32 Å². The summed E-state index contributed by atoms with van der Waals surface area (Å²) in [6.45, 7) is 2.93. The van der Waals surface area contributed by atoms with Gasteiger partial charge in [-0.25, -0.2) is 0 Å². The number of hydrogen-bond donors (Lipinski definition) is 4. The topological polar surface area (TPSA) is 82.0 Å². The van der Waals surface area contributed by atoms with Crippen LogP contribution in [0.5, 0.6) is 5.75 Å². The fourth-order valence-corrected chi connectivity index (χ4v) is 3.93. The van der Waals surface area contributed by atoms with Gasteiger partial charge in [-0.1, -0.05) is 51.0 Å². The first kappa shape index (κ1) is 23.1. The highest BCUT2D eigenvalue weighted by molar-refractivity contribution is 5.36. The molecule has 4 N–H and O–H groups in total. The van der Waals surface area contributed by atoms with Crippen LogP contribution in [-0.2, 0) is 11.3 Å².